The highest BCUT2D eigenvalue weighted by Gasteiger charge is 2.50. The summed E-state index contributed by atoms with van der Waals surface area (Å²) in [5, 5.41) is 1.23. The molecule has 1 aromatic rings. The molecule has 27 heavy (non-hydrogen) atoms. The van der Waals surface area contributed by atoms with Crippen molar-refractivity contribution in [3.8, 4) is 0 Å². The van der Waals surface area contributed by atoms with Crippen LogP contribution in [0.5, 0.6) is 0 Å². The van der Waals surface area contributed by atoms with Crippen molar-refractivity contribution >= 4 is 11.9 Å². The summed E-state index contributed by atoms with van der Waals surface area (Å²) < 4.78 is 16.2. The lowest BCUT2D eigenvalue weighted by molar-refractivity contribution is -0.442. The van der Waals surface area contributed by atoms with E-state index < -0.39 is 36.5 Å². The zero-order valence-electron chi connectivity index (χ0n) is 15.5. The Bertz CT molecular complexity index is 638. The molecule has 0 aromatic heterocycles. The van der Waals surface area contributed by atoms with Crippen molar-refractivity contribution in [3.63, 3.8) is 0 Å². The zero-order valence-corrected chi connectivity index (χ0v) is 15.5. The Kier molecular flexibility index (Phi) is 6.78. The molecule has 2 saturated heterocycles. The van der Waals surface area contributed by atoms with E-state index in [9.17, 15) is 9.59 Å². The van der Waals surface area contributed by atoms with Crippen LogP contribution in [0.15, 0.2) is 30.3 Å². The molecule has 0 N–H and O–H groups in total. The third-order valence-corrected chi connectivity index (χ3v) is 4.57. The van der Waals surface area contributed by atoms with Crippen molar-refractivity contribution in [2.24, 2.45) is 0 Å². The van der Waals surface area contributed by atoms with Crippen LogP contribution >= 0.6 is 0 Å². The van der Waals surface area contributed by atoms with Crippen LogP contribution in [0.25, 0.3) is 0 Å². The van der Waals surface area contributed by atoms with E-state index in [4.69, 9.17) is 23.9 Å². The third kappa shape index (κ3) is 4.84. The smallest absolute Gasteiger partial charge is 0.338 e. The number of nitrogens with zero attached hydrogens (tertiary/aromatic N) is 1. The number of esters is 2. The Hall–Kier alpha value is -2.00. The van der Waals surface area contributed by atoms with Gasteiger partial charge in [0.1, 0.15) is 12.1 Å². The molecule has 2 aliphatic heterocycles. The molecule has 2 heterocycles. The molecule has 4 atom stereocenters. The van der Waals surface area contributed by atoms with E-state index in [-0.39, 0.29) is 0 Å². The molecule has 2 aliphatic rings. The van der Waals surface area contributed by atoms with Gasteiger partial charge in [-0.2, -0.15) is 0 Å². The van der Waals surface area contributed by atoms with Gasteiger partial charge in [0.05, 0.1) is 12.7 Å². The highest BCUT2D eigenvalue weighted by atomic mass is 17.0. The predicted octanol–water partition coefficient (Wildman–Crippen LogP) is 2.24. The average molecular weight is 379 g/mol. The second-order valence-electron chi connectivity index (χ2n) is 6.51. The number of rotatable bonds is 7. The minimum absolute atomic E-state index is 0.307. The standard InChI is InChI=1S/C19H25NO7/c1-3-4-10-24-17-12-15(25-18(21)13-8-6-5-7-9-13)14-11-16(19(22)23-2)26-20(14)27-17/h5-9,14-17H,3-4,10-12H2,1-2H3/t14-,15+,16-,17+/m1/s1. The van der Waals surface area contributed by atoms with Crippen molar-refractivity contribution in [2.75, 3.05) is 13.7 Å². The van der Waals surface area contributed by atoms with Gasteiger partial charge in [-0.15, -0.1) is 0 Å². The molecule has 0 radical (unpaired) electrons. The number of benzene rings is 1. The topological polar surface area (TPSA) is 83.5 Å². The average Bonchev–Trinajstić information content (AvgIpc) is 3.13. The molecule has 8 heteroatoms. The zero-order chi connectivity index (χ0) is 19.2. The van der Waals surface area contributed by atoms with Gasteiger partial charge in [0.25, 0.3) is 0 Å². The predicted molar refractivity (Wildman–Crippen MR) is 93.1 cm³/mol. The van der Waals surface area contributed by atoms with Crippen LogP contribution in [0.1, 0.15) is 43.0 Å². The largest absolute Gasteiger partial charge is 0.467 e. The Morgan fingerprint density at radius 2 is 1.96 bits per heavy atom. The molecular formula is C19H25NO7. The summed E-state index contributed by atoms with van der Waals surface area (Å²) in [6.45, 7) is 2.59. The number of methoxy groups -OCH3 is 1. The van der Waals surface area contributed by atoms with E-state index in [1.54, 1.807) is 24.3 Å². The molecule has 0 spiro atoms. The first-order chi connectivity index (χ1) is 13.1. The van der Waals surface area contributed by atoms with E-state index in [2.05, 4.69) is 6.92 Å². The van der Waals surface area contributed by atoms with Crippen molar-refractivity contribution in [2.45, 2.75) is 57.1 Å². The van der Waals surface area contributed by atoms with Gasteiger partial charge < -0.3 is 14.2 Å². The minimum atomic E-state index is -0.799. The maximum absolute atomic E-state index is 12.5. The summed E-state index contributed by atoms with van der Waals surface area (Å²) >= 11 is 0. The highest BCUT2D eigenvalue weighted by Crippen LogP contribution is 2.34. The first-order valence-electron chi connectivity index (χ1n) is 9.20. The molecule has 0 amide bonds. The number of hydrogen-bond acceptors (Lipinski definition) is 8. The summed E-state index contributed by atoms with van der Waals surface area (Å²) in [4.78, 5) is 35.5. The molecule has 2 fully saturated rings. The van der Waals surface area contributed by atoms with Crippen LogP contribution in [0.4, 0.5) is 0 Å². The van der Waals surface area contributed by atoms with Gasteiger partial charge in [-0.1, -0.05) is 36.8 Å². The molecule has 8 nitrogen and oxygen atoms in total. The Morgan fingerprint density at radius 3 is 2.67 bits per heavy atom. The lowest BCUT2D eigenvalue weighted by atomic mass is 10.0. The molecule has 0 unspecified atom stereocenters. The van der Waals surface area contributed by atoms with E-state index in [0.717, 1.165) is 12.8 Å². The van der Waals surface area contributed by atoms with Gasteiger partial charge in [0.15, 0.2) is 12.4 Å². The van der Waals surface area contributed by atoms with E-state index in [1.165, 1.54) is 12.3 Å². The monoisotopic (exact) mass is 379 g/mol. The number of ether oxygens (including phenoxy) is 3. The van der Waals surface area contributed by atoms with E-state index in [1.807, 2.05) is 6.07 Å². The first kappa shape index (κ1) is 19.8. The van der Waals surface area contributed by atoms with Gasteiger partial charge in [-0.05, 0) is 18.6 Å². The van der Waals surface area contributed by atoms with Crippen molar-refractivity contribution in [1.29, 1.82) is 0 Å². The summed E-state index contributed by atoms with van der Waals surface area (Å²) in [5.74, 6) is -0.930. The fraction of sp³-hybridized carbons (Fsp3) is 0.579. The summed E-state index contributed by atoms with van der Waals surface area (Å²) in [7, 11) is 1.30. The molecule has 0 saturated carbocycles. The molecule has 1 aromatic carbocycles. The number of hydroxylamine groups is 2. The SMILES string of the molecule is CCCCO[C@@H]1C[C@H](OC(=O)c2ccccc2)[C@H]2C[C@H](C(=O)OC)ON2O1. The van der Waals surface area contributed by atoms with Crippen LogP contribution in [-0.2, 0) is 28.7 Å². The molecule has 0 aliphatic carbocycles. The van der Waals surface area contributed by atoms with Crippen LogP contribution in [-0.4, -0.2) is 55.4 Å². The second kappa shape index (κ2) is 9.27. The minimum Gasteiger partial charge on any atom is -0.467 e. The Morgan fingerprint density at radius 1 is 1.19 bits per heavy atom. The quantitative estimate of drug-likeness (QED) is 0.527. The molecule has 0 bridgehead atoms. The fourth-order valence-corrected chi connectivity index (χ4v) is 3.08. The second-order valence-corrected chi connectivity index (χ2v) is 6.51. The maximum Gasteiger partial charge on any atom is 0.338 e. The van der Waals surface area contributed by atoms with Crippen LogP contribution < -0.4 is 0 Å². The van der Waals surface area contributed by atoms with Crippen molar-refractivity contribution < 1.29 is 33.5 Å². The number of carbonyl (C=O) groups excluding carboxylic acids is 2. The summed E-state index contributed by atoms with van der Waals surface area (Å²) in [6.07, 6.45) is 0.607. The van der Waals surface area contributed by atoms with Gasteiger partial charge in [0, 0.05) is 19.4 Å². The lowest BCUT2D eigenvalue weighted by Crippen LogP contribution is -2.50. The number of unbranched alkanes of at least 4 members (excludes halogenated alkanes) is 1. The van der Waals surface area contributed by atoms with Gasteiger partial charge in [0.2, 0.25) is 0 Å². The van der Waals surface area contributed by atoms with Crippen molar-refractivity contribution in [3.05, 3.63) is 35.9 Å². The highest BCUT2D eigenvalue weighted by molar-refractivity contribution is 5.89. The Balaban J connectivity index is 1.70. The van der Waals surface area contributed by atoms with Crippen LogP contribution in [0, 0.1) is 0 Å². The fourth-order valence-electron chi connectivity index (χ4n) is 3.08. The molecule has 3 rings (SSSR count). The molecular weight excluding hydrogens is 354 g/mol. The van der Waals surface area contributed by atoms with Crippen LogP contribution in [0.3, 0.4) is 0 Å². The van der Waals surface area contributed by atoms with Crippen molar-refractivity contribution in [1.82, 2.24) is 5.23 Å². The van der Waals surface area contributed by atoms with Gasteiger partial charge in [-0.3, -0.25) is 4.84 Å². The van der Waals surface area contributed by atoms with Gasteiger partial charge in [-0.25, -0.2) is 14.4 Å². The maximum atomic E-state index is 12.5. The molecule has 148 valence electrons. The van der Waals surface area contributed by atoms with E-state index in [0.29, 0.717) is 25.0 Å². The summed E-state index contributed by atoms with van der Waals surface area (Å²) in [6, 6.07) is 8.35. The number of fused-ring (bicyclic) bond motifs is 1. The first-order valence-corrected chi connectivity index (χ1v) is 9.20. The summed E-state index contributed by atoms with van der Waals surface area (Å²) in [5.41, 5.74) is 0.461. The normalized spacial score (nSPS) is 27.8. The van der Waals surface area contributed by atoms with Gasteiger partial charge >= 0.3 is 11.9 Å². The lowest BCUT2D eigenvalue weighted by Gasteiger charge is -2.37. The number of carbonyl (C=O) groups is 2. The Labute approximate surface area is 158 Å². The third-order valence-electron chi connectivity index (χ3n) is 4.57. The van der Waals surface area contributed by atoms with Crippen LogP contribution in [0.2, 0.25) is 0 Å². The van der Waals surface area contributed by atoms with E-state index >= 15 is 0 Å². The number of hydrogen-bond donors (Lipinski definition) is 0.